The van der Waals surface area contributed by atoms with Crippen molar-refractivity contribution >= 4 is 44.8 Å². The zero-order valence-corrected chi connectivity index (χ0v) is 17.3. The van der Waals surface area contributed by atoms with Crippen LogP contribution in [-0.2, 0) is 0 Å². The minimum absolute atomic E-state index is 0.664. The Morgan fingerprint density at radius 3 is 1.23 bits per heavy atom. The first-order chi connectivity index (χ1) is 12.3. The molecule has 0 N–H and O–H groups in total. The molecule has 0 amide bonds. The highest BCUT2D eigenvalue weighted by atomic mass is 14.1. The molecule has 4 aliphatic heterocycles. The first kappa shape index (κ1) is 18.0. The fourth-order valence-electron chi connectivity index (χ4n) is 5.09. The van der Waals surface area contributed by atoms with Crippen molar-refractivity contribution in [2.24, 2.45) is 11.8 Å². The fourth-order valence-corrected chi connectivity index (χ4v) is 5.09. The average molecular weight is 331 g/mol. The van der Waals surface area contributed by atoms with Crippen molar-refractivity contribution in [1.82, 2.24) is 0 Å². The molecule has 4 rings (SSSR count). The van der Waals surface area contributed by atoms with Gasteiger partial charge < -0.3 is 0 Å². The quantitative estimate of drug-likeness (QED) is 0.660. The molecule has 26 heavy (non-hydrogen) atoms. The van der Waals surface area contributed by atoms with Crippen LogP contribution in [0.4, 0.5) is 0 Å². The summed E-state index contributed by atoms with van der Waals surface area (Å²) in [5.41, 5.74) is 15.7. The van der Waals surface area contributed by atoms with E-state index < -0.39 is 0 Å². The van der Waals surface area contributed by atoms with E-state index in [1.807, 2.05) is 0 Å². The van der Waals surface area contributed by atoms with Crippen LogP contribution in [0.3, 0.4) is 0 Å². The second kappa shape index (κ2) is 6.63. The Kier molecular flexibility index (Phi) is 4.58. The van der Waals surface area contributed by atoms with E-state index in [0.717, 1.165) is 14.6 Å². The monoisotopic (exact) mass is 332 g/mol. The highest BCUT2D eigenvalue weighted by Crippen LogP contribution is 2.36. The molecular weight excluding hydrogens is 305 g/mol. The van der Waals surface area contributed by atoms with Crippen molar-refractivity contribution in [3.05, 3.63) is 79.0 Å². The predicted octanol–water partition coefficient (Wildman–Crippen LogP) is 0.535. The molecule has 0 unspecified atom stereocenters. The number of allylic oxidation sites excluding steroid dienone is 14. The second-order valence-electron chi connectivity index (χ2n) is 9.16. The molecule has 0 radical (unpaired) electrons. The zero-order valence-electron chi connectivity index (χ0n) is 17.3. The van der Waals surface area contributed by atoms with Gasteiger partial charge in [-0.2, -0.15) is 0 Å². The third-order valence-corrected chi connectivity index (χ3v) is 6.65. The number of rotatable bonds is 4. The molecule has 0 fully saturated rings. The van der Waals surface area contributed by atoms with E-state index in [2.05, 4.69) is 67.7 Å². The van der Waals surface area contributed by atoms with Crippen LogP contribution in [0.1, 0.15) is 27.7 Å². The van der Waals surface area contributed by atoms with Crippen LogP contribution >= 0.6 is 0 Å². The van der Waals surface area contributed by atoms with E-state index in [0.29, 0.717) is 11.8 Å². The van der Waals surface area contributed by atoms with Crippen LogP contribution in [0, 0.1) is 11.8 Å². The van der Waals surface area contributed by atoms with Crippen molar-refractivity contribution in [3.8, 4) is 0 Å². The molecule has 0 saturated carbocycles. The summed E-state index contributed by atoms with van der Waals surface area (Å²) >= 11 is 0. The molecule has 0 aromatic rings. The Labute approximate surface area is 163 Å². The lowest BCUT2D eigenvalue weighted by molar-refractivity contribution is 0.810. The van der Waals surface area contributed by atoms with Crippen LogP contribution in [0.2, 0.25) is 0 Å². The van der Waals surface area contributed by atoms with Crippen LogP contribution in [-0.4, -0.2) is 44.8 Å². The minimum atomic E-state index is 0.664. The molecule has 0 aromatic heterocycles. The Morgan fingerprint density at radius 1 is 0.577 bits per heavy atom. The van der Waals surface area contributed by atoms with Gasteiger partial charge in [0.2, 0.25) is 0 Å². The summed E-state index contributed by atoms with van der Waals surface area (Å²) in [7, 11) is 9.17. The van der Waals surface area contributed by atoms with Gasteiger partial charge >= 0.3 is 0 Å². The van der Waals surface area contributed by atoms with Gasteiger partial charge in [0.15, 0.2) is 29.1 Å². The third-order valence-electron chi connectivity index (χ3n) is 6.65. The molecule has 0 nitrogen and oxygen atoms in total. The van der Waals surface area contributed by atoms with Gasteiger partial charge in [0.05, 0.1) is 0 Å². The minimum Gasteiger partial charge on any atom is -0.103 e. The summed E-state index contributed by atoms with van der Waals surface area (Å²) in [4.78, 5) is 0. The van der Waals surface area contributed by atoms with E-state index >= 15 is 0 Å². The van der Waals surface area contributed by atoms with Crippen molar-refractivity contribution < 1.29 is 0 Å². The molecular formula is C20H26B6. The maximum Gasteiger partial charge on any atom is 0.190 e. The van der Waals surface area contributed by atoms with Gasteiger partial charge in [-0.05, 0) is 11.8 Å². The van der Waals surface area contributed by atoms with Gasteiger partial charge in [0, 0.05) is 0 Å². The molecule has 124 valence electrons. The summed E-state index contributed by atoms with van der Waals surface area (Å²) in [6.45, 7) is 9.29. The normalized spacial score (nSPS) is 21.5. The lowest BCUT2D eigenvalue weighted by atomic mass is 9.51. The van der Waals surface area contributed by atoms with Gasteiger partial charge in [0.1, 0.15) is 15.7 Å². The van der Waals surface area contributed by atoms with Crippen LogP contribution in [0.25, 0.3) is 0 Å². The Morgan fingerprint density at radius 2 is 0.923 bits per heavy atom. The van der Waals surface area contributed by atoms with E-state index in [1.165, 1.54) is 25.5 Å². The third kappa shape index (κ3) is 3.06. The van der Waals surface area contributed by atoms with Gasteiger partial charge in [-0.25, -0.2) is 0 Å². The molecule has 0 bridgehead atoms. The topological polar surface area (TPSA) is 0 Å². The van der Waals surface area contributed by atoms with Gasteiger partial charge in [-0.15, -0.1) is 10.9 Å². The smallest absolute Gasteiger partial charge is 0.103 e. The highest BCUT2D eigenvalue weighted by Gasteiger charge is 2.29. The van der Waals surface area contributed by atoms with E-state index in [-0.39, 0.29) is 0 Å². The van der Waals surface area contributed by atoms with Crippen LogP contribution in [0.15, 0.2) is 79.0 Å². The Hall–Kier alpha value is -1.43. The fraction of sp³-hybridized carbons (Fsp3) is 0.300. The maximum absolute atomic E-state index is 2.50. The number of hydrogen-bond donors (Lipinski definition) is 0. The maximum atomic E-state index is 2.50. The summed E-state index contributed by atoms with van der Waals surface area (Å²) in [6.07, 6.45) is 9.88. The second-order valence-corrected chi connectivity index (χ2v) is 9.16. The van der Waals surface area contributed by atoms with E-state index in [9.17, 15) is 0 Å². The van der Waals surface area contributed by atoms with Crippen molar-refractivity contribution in [2.45, 2.75) is 27.7 Å². The standard InChI is InChI=1S/C20H26B6/c1-9(2)19-11(21)5-13(25-19)15-7-17-18(23-15)8-16(24-17)14-6-12(22)20(26-14)10(3)4/h5-10,23-26H,21-22H2,1-4H3. The summed E-state index contributed by atoms with van der Waals surface area (Å²) in [6, 6.07) is 0. The summed E-state index contributed by atoms with van der Waals surface area (Å²) in [5.74, 6) is 1.33. The lowest BCUT2D eigenvalue weighted by Gasteiger charge is -2.11. The molecule has 0 atom stereocenters. The molecule has 0 aromatic carbocycles. The molecule has 0 spiro atoms. The molecule has 0 aliphatic carbocycles. The van der Waals surface area contributed by atoms with Crippen molar-refractivity contribution in [1.29, 1.82) is 0 Å². The van der Waals surface area contributed by atoms with Gasteiger partial charge in [0.25, 0.3) is 0 Å². The largest absolute Gasteiger partial charge is 0.190 e. The number of hydrogen-bond acceptors (Lipinski definition) is 0. The first-order valence-corrected chi connectivity index (χ1v) is 10.3. The summed E-state index contributed by atoms with van der Waals surface area (Å²) in [5, 5.41) is 0. The van der Waals surface area contributed by atoms with E-state index in [1.54, 1.807) is 43.8 Å². The lowest BCUT2D eigenvalue weighted by Crippen LogP contribution is -2.09. The molecule has 4 heterocycles. The SMILES string of the molecule is BC1=C(C(C)C)BC(C2=CC3=C(B2)C=C(C2=CC(B)=C(C(C)C)B2)B3)=C1. The zero-order chi connectivity index (χ0) is 18.6. The summed E-state index contributed by atoms with van der Waals surface area (Å²) < 4.78 is 0. The van der Waals surface area contributed by atoms with Crippen molar-refractivity contribution in [2.75, 3.05) is 0 Å². The Balaban J connectivity index is 1.43. The molecule has 0 saturated heterocycles. The van der Waals surface area contributed by atoms with Crippen LogP contribution < -0.4 is 0 Å². The van der Waals surface area contributed by atoms with Gasteiger partial charge in [-0.3, -0.25) is 0 Å². The van der Waals surface area contributed by atoms with Gasteiger partial charge in [-0.1, -0.05) is 95.8 Å². The predicted molar refractivity (Wildman–Crippen MR) is 129 cm³/mol. The Bertz CT molecular complexity index is 829. The first-order valence-electron chi connectivity index (χ1n) is 10.3. The highest BCUT2D eigenvalue weighted by molar-refractivity contribution is 6.75. The van der Waals surface area contributed by atoms with Crippen molar-refractivity contribution in [3.63, 3.8) is 0 Å². The average Bonchev–Trinajstić information content (AvgIpc) is 3.26. The molecule has 4 aliphatic rings. The van der Waals surface area contributed by atoms with Crippen LogP contribution in [0.5, 0.6) is 0 Å². The van der Waals surface area contributed by atoms with E-state index in [4.69, 9.17) is 0 Å². The molecule has 6 heteroatoms.